The number of hydrogen-bond donors (Lipinski definition) is 1. The molecule has 4 rings (SSSR count). The normalized spacial score (nSPS) is 17.2. The van der Waals surface area contributed by atoms with Crippen LogP contribution in [0.25, 0.3) is 5.65 Å². The van der Waals surface area contributed by atoms with Gasteiger partial charge in [0.25, 0.3) is 11.8 Å². The fraction of sp³-hybridized carbons (Fsp3) is 0.353. The number of aryl methyl sites for hydroxylation is 2. The lowest BCUT2D eigenvalue weighted by Gasteiger charge is -2.19. The van der Waals surface area contributed by atoms with E-state index in [-0.39, 0.29) is 11.7 Å². The standard InChI is InChI=1S/C17H19N7O2/c1-3-11-5-4-6-13-20-15(21-24(11)13)16(25)19-12-8-10-23-14(7-9-18-23)22(2)17(12)26/h4-7,9,12H,3,8,10H2,1-2H3,(H,19,25)/t12-/m0/s1. The van der Waals surface area contributed by atoms with Crippen molar-refractivity contribution in [2.24, 2.45) is 0 Å². The Labute approximate surface area is 149 Å². The molecule has 0 saturated heterocycles. The zero-order valence-electron chi connectivity index (χ0n) is 14.6. The predicted octanol–water partition coefficient (Wildman–Crippen LogP) is 0.653. The van der Waals surface area contributed by atoms with Gasteiger partial charge in [-0.05, 0) is 25.0 Å². The highest BCUT2D eigenvalue weighted by atomic mass is 16.2. The van der Waals surface area contributed by atoms with E-state index in [1.54, 1.807) is 34.6 Å². The molecule has 1 aliphatic heterocycles. The molecule has 2 amide bonds. The first-order chi connectivity index (χ1) is 12.6. The van der Waals surface area contributed by atoms with Crippen LogP contribution in [0.4, 0.5) is 5.82 Å². The highest BCUT2D eigenvalue weighted by Gasteiger charge is 2.30. The zero-order valence-corrected chi connectivity index (χ0v) is 14.6. The van der Waals surface area contributed by atoms with Crippen LogP contribution in [-0.2, 0) is 17.8 Å². The Kier molecular flexibility index (Phi) is 3.90. The van der Waals surface area contributed by atoms with E-state index in [2.05, 4.69) is 20.5 Å². The van der Waals surface area contributed by atoms with Crippen LogP contribution < -0.4 is 10.2 Å². The van der Waals surface area contributed by atoms with Crippen molar-refractivity contribution in [3.63, 3.8) is 0 Å². The molecule has 26 heavy (non-hydrogen) atoms. The van der Waals surface area contributed by atoms with Gasteiger partial charge in [0.1, 0.15) is 11.9 Å². The van der Waals surface area contributed by atoms with Gasteiger partial charge in [0.15, 0.2) is 5.65 Å². The van der Waals surface area contributed by atoms with Crippen LogP contribution in [0, 0.1) is 0 Å². The second kappa shape index (κ2) is 6.25. The summed E-state index contributed by atoms with van der Waals surface area (Å²) >= 11 is 0. The fourth-order valence-corrected chi connectivity index (χ4v) is 3.18. The van der Waals surface area contributed by atoms with Gasteiger partial charge in [-0.25, -0.2) is 14.2 Å². The SMILES string of the molecule is CCc1cccc2nc(C(=O)N[C@H]3CCn4nccc4N(C)C3=O)nn12. The molecule has 0 aliphatic carbocycles. The molecule has 134 valence electrons. The smallest absolute Gasteiger partial charge is 0.291 e. The number of anilines is 1. The van der Waals surface area contributed by atoms with Gasteiger partial charge < -0.3 is 5.32 Å². The number of carbonyl (C=O) groups excluding carboxylic acids is 2. The number of hydrogen-bond acceptors (Lipinski definition) is 5. The van der Waals surface area contributed by atoms with Crippen molar-refractivity contribution < 1.29 is 9.59 Å². The van der Waals surface area contributed by atoms with Crippen molar-refractivity contribution in [1.29, 1.82) is 0 Å². The Bertz CT molecular complexity index is 990. The average molecular weight is 353 g/mol. The van der Waals surface area contributed by atoms with E-state index < -0.39 is 11.9 Å². The third-order valence-electron chi connectivity index (χ3n) is 4.60. The number of carbonyl (C=O) groups is 2. The molecule has 0 aromatic carbocycles. The van der Waals surface area contributed by atoms with Gasteiger partial charge in [0, 0.05) is 25.4 Å². The van der Waals surface area contributed by atoms with Gasteiger partial charge in [-0.15, -0.1) is 5.10 Å². The van der Waals surface area contributed by atoms with E-state index in [0.717, 1.165) is 12.1 Å². The molecule has 3 aromatic rings. The summed E-state index contributed by atoms with van der Waals surface area (Å²) in [6.45, 7) is 2.56. The Balaban J connectivity index is 1.56. The third kappa shape index (κ3) is 2.61. The number of rotatable bonds is 3. The summed E-state index contributed by atoms with van der Waals surface area (Å²) in [5, 5.41) is 11.3. The predicted molar refractivity (Wildman–Crippen MR) is 93.9 cm³/mol. The number of nitrogens with zero attached hydrogens (tertiary/aromatic N) is 6. The van der Waals surface area contributed by atoms with Crippen LogP contribution in [0.1, 0.15) is 29.7 Å². The molecule has 1 atom stereocenters. The highest BCUT2D eigenvalue weighted by Crippen LogP contribution is 2.19. The third-order valence-corrected chi connectivity index (χ3v) is 4.60. The van der Waals surface area contributed by atoms with Crippen LogP contribution in [0.15, 0.2) is 30.5 Å². The van der Waals surface area contributed by atoms with Crippen molar-refractivity contribution in [3.8, 4) is 0 Å². The maximum absolute atomic E-state index is 12.7. The number of likely N-dealkylation sites (N-methyl/N-ethyl adjacent to an activating group) is 1. The molecule has 9 heteroatoms. The first-order valence-corrected chi connectivity index (χ1v) is 8.53. The minimum atomic E-state index is -0.647. The van der Waals surface area contributed by atoms with E-state index >= 15 is 0 Å². The molecule has 9 nitrogen and oxygen atoms in total. The molecule has 4 heterocycles. The van der Waals surface area contributed by atoms with Gasteiger partial charge in [-0.1, -0.05) is 13.0 Å². The van der Waals surface area contributed by atoms with Crippen molar-refractivity contribution in [2.75, 3.05) is 11.9 Å². The molecule has 0 fully saturated rings. The van der Waals surface area contributed by atoms with Crippen LogP contribution in [0.3, 0.4) is 0 Å². The molecule has 0 spiro atoms. The van der Waals surface area contributed by atoms with E-state index in [1.807, 2.05) is 19.1 Å². The lowest BCUT2D eigenvalue weighted by atomic mass is 10.2. The molecular weight excluding hydrogens is 334 g/mol. The Morgan fingerprint density at radius 1 is 1.35 bits per heavy atom. The van der Waals surface area contributed by atoms with Crippen LogP contribution in [-0.4, -0.2) is 49.3 Å². The van der Waals surface area contributed by atoms with E-state index in [4.69, 9.17) is 0 Å². The van der Waals surface area contributed by atoms with Gasteiger partial charge >= 0.3 is 0 Å². The number of pyridine rings is 1. The van der Waals surface area contributed by atoms with Crippen molar-refractivity contribution in [3.05, 3.63) is 42.0 Å². The summed E-state index contributed by atoms with van der Waals surface area (Å²) in [4.78, 5) is 31.1. The van der Waals surface area contributed by atoms with Crippen molar-refractivity contribution in [1.82, 2.24) is 29.7 Å². The molecule has 0 saturated carbocycles. The Morgan fingerprint density at radius 3 is 3.00 bits per heavy atom. The van der Waals surface area contributed by atoms with Crippen LogP contribution >= 0.6 is 0 Å². The summed E-state index contributed by atoms with van der Waals surface area (Å²) < 4.78 is 3.41. The minimum absolute atomic E-state index is 0.0586. The first-order valence-electron chi connectivity index (χ1n) is 8.53. The zero-order chi connectivity index (χ0) is 18.3. The Hall–Kier alpha value is -3.23. The lowest BCUT2D eigenvalue weighted by Crippen LogP contribution is -2.47. The largest absolute Gasteiger partial charge is 0.337 e. The maximum Gasteiger partial charge on any atom is 0.291 e. The van der Waals surface area contributed by atoms with Crippen molar-refractivity contribution in [2.45, 2.75) is 32.4 Å². The summed E-state index contributed by atoms with van der Waals surface area (Å²) in [7, 11) is 1.68. The molecule has 3 aromatic heterocycles. The molecule has 0 radical (unpaired) electrons. The van der Waals surface area contributed by atoms with Crippen LogP contribution in [0.5, 0.6) is 0 Å². The summed E-state index contributed by atoms with van der Waals surface area (Å²) in [6, 6.07) is 6.75. The molecule has 1 N–H and O–H groups in total. The molecule has 0 bridgehead atoms. The molecule has 1 aliphatic rings. The van der Waals surface area contributed by atoms with E-state index in [9.17, 15) is 9.59 Å². The van der Waals surface area contributed by atoms with E-state index in [1.165, 1.54) is 4.90 Å². The highest BCUT2D eigenvalue weighted by molar-refractivity contribution is 6.00. The number of fused-ring (bicyclic) bond motifs is 2. The number of aromatic nitrogens is 5. The van der Waals surface area contributed by atoms with Gasteiger partial charge in [-0.3, -0.25) is 14.5 Å². The Morgan fingerprint density at radius 2 is 2.19 bits per heavy atom. The van der Waals surface area contributed by atoms with Gasteiger partial charge in [-0.2, -0.15) is 5.10 Å². The first kappa shape index (κ1) is 16.2. The monoisotopic (exact) mass is 353 g/mol. The second-order valence-electron chi connectivity index (χ2n) is 6.20. The number of nitrogens with one attached hydrogen (secondary N) is 1. The summed E-state index contributed by atoms with van der Waals surface area (Å²) in [6.07, 6.45) is 2.89. The quantitative estimate of drug-likeness (QED) is 0.746. The lowest BCUT2D eigenvalue weighted by molar-refractivity contribution is -0.120. The summed E-state index contributed by atoms with van der Waals surface area (Å²) in [5.41, 5.74) is 1.57. The topological polar surface area (TPSA) is 97.4 Å². The maximum atomic E-state index is 12.7. The summed E-state index contributed by atoms with van der Waals surface area (Å²) in [5.74, 6) is 0.131. The molecular formula is C17H19N7O2. The fourth-order valence-electron chi connectivity index (χ4n) is 3.18. The number of amides is 2. The average Bonchev–Trinajstić information content (AvgIpc) is 3.27. The van der Waals surface area contributed by atoms with Gasteiger partial charge in [0.2, 0.25) is 5.82 Å². The van der Waals surface area contributed by atoms with Crippen LogP contribution in [0.2, 0.25) is 0 Å². The van der Waals surface area contributed by atoms with Gasteiger partial charge in [0.05, 0.1) is 6.20 Å². The second-order valence-corrected chi connectivity index (χ2v) is 6.20. The molecule has 0 unspecified atom stereocenters. The van der Waals surface area contributed by atoms with E-state index in [0.29, 0.717) is 24.4 Å². The van der Waals surface area contributed by atoms with Crippen molar-refractivity contribution >= 4 is 23.3 Å². The minimum Gasteiger partial charge on any atom is -0.337 e.